The number of fused-ring (bicyclic) bond motifs is 1. The van der Waals surface area contributed by atoms with E-state index in [9.17, 15) is 9.59 Å². The van der Waals surface area contributed by atoms with Gasteiger partial charge in [-0.2, -0.15) is 0 Å². The zero-order valence-electron chi connectivity index (χ0n) is 19.0. The number of thiocarbonyl (C=S) groups is 1. The van der Waals surface area contributed by atoms with Gasteiger partial charge in [-0.05, 0) is 44.0 Å². The standard InChI is InChI=1S/C25H27N3O3S2/c1-4-17-9-7-11-20-18(14-27(23(17)20)16-22(29)26(5-2)6-3)13-21-24(30)28(25(32)33-21)15-19-10-8-12-31-19/h7-14H,4-6,15-16H2,1-3H3/b21-13-. The molecule has 3 heterocycles. The first-order valence-electron chi connectivity index (χ1n) is 11.1. The first-order chi connectivity index (χ1) is 16.0. The minimum Gasteiger partial charge on any atom is -0.467 e. The lowest BCUT2D eigenvalue weighted by molar-refractivity contribution is -0.131. The fraction of sp³-hybridized carbons (Fsp3) is 0.320. The van der Waals surface area contributed by atoms with Gasteiger partial charge in [0.25, 0.3) is 5.91 Å². The highest BCUT2D eigenvalue weighted by Crippen LogP contribution is 2.36. The topological polar surface area (TPSA) is 58.7 Å². The third kappa shape index (κ3) is 4.63. The van der Waals surface area contributed by atoms with Gasteiger partial charge in [-0.25, -0.2) is 0 Å². The van der Waals surface area contributed by atoms with Crippen LogP contribution in [-0.4, -0.2) is 43.6 Å². The summed E-state index contributed by atoms with van der Waals surface area (Å²) in [7, 11) is 0. The maximum absolute atomic E-state index is 13.1. The summed E-state index contributed by atoms with van der Waals surface area (Å²) in [6.45, 7) is 8.03. The molecule has 2 aromatic heterocycles. The number of carbonyl (C=O) groups is 2. The molecule has 8 heteroatoms. The van der Waals surface area contributed by atoms with Crippen LogP contribution in [0.1, 0.15) is 37.7 Å². The highest BCUT2D eigenvalue weighted by atomic mass is 32.2. The summed E-state index contributed by atoms with van der Waals surface area (Å²) >= 11 is 6.76. The SMILES string of the molecule is CCc1cccc2c(/C=C3\SC(=S)N(Cc4ccco4)C3=O)cn(CC(=O)N(CC)CC)c12. The molecule has 0 spiro atoms. The van der Waals surface area contributed by atoms with Crippen molar-refractivity contribution in [3.05, 3.63) is 64.6 Å². The molecule has 0 radical (unpaired) electrons. The van der Waals surface area contributed by atoms with Gasteiger partial charge in [0.1, 0.15) is 16.6 Å². The Morgan fingerprint density at radius 3 is 2.64 bits per heavy atom. The lowest BCUT2D eigenvalue weighted by Gasteiger charge is -2.19. The van der Waals surface area contributed by atoms with Crippen molar-refractivity contribution in [2.75, 3.05) is 13.1 Å². The number of nitrogens with zero attached hydrogens (tertiary/aromatic N) is 3. The van der Waals surface area contributed by atoms with Gasteiger partial charge in [-0.1, -0.05) is 49.1 Å². The molecular weight excluding hydrogens is 454 g/mol. The van der Waals surface area contributed by atoms with E-state index in [4.69, 9.17) is 16.6 Å². The Morgan fingerprint density at radius 2 is 1.97 bits per heavy atom. The average molecular weight is 482 g/mol. The van der Waals surface area contributed by atoms with E-state index in [1.165, 1.54) is 17.3 Å². The third-order valence-corrected chi connectivity index (χ3v) is 7.25. The number of benzene rings is 1. The van der Waals surface area contributed by atoms with Crippen LogP contribution in [0.5, 0.6) is 0 Å². The minimum absolute atomic E-state index is 0.0825. The molecule has 1 aromatic carbocycles. The Hall–Kier alpha value is -2.84. The summed E-state index contributed by atoms with van der Waals surface area (Å²) in [4.78, 5) is 29.9. The van der Waals surface area contributed by atoms with Crippen LogP contribution in [0.3, 0.4) is 0 Å². The van der Waals surface area contributed by atoms with E-state index in [1.54, 1.807) is 17.2 Å². The Morgan fingerprint density at radius 1 is 1.18 bits per heavy atom. The maximum atomic E-state index is 13.1. The molecule has 0 bridgehead atoms. The molecule has 1 saturated heterocycles. The number of carbonyl (C=O) groups excluding carboxylic acids is 2. The molecule has 6 nitrogen and oxygen atoms in total. The summed E-state index contributed by atoms with van der Waals surface area (Å²) in [6, 6.07) is 9.78. The van der Waals surface area contributed by atoms with Crippen LogP contribution < -0.4 is 0 Å². The molecule has 3 aromatic rings. The van der Waals surface area contributed by atoms with Crippen LogP contribution in [0.2, 0.25) is 0 Å². The fourth-order valence-corrected chi connectivity index (χ4v) is 5.39. The molecule has 2 amide bonds. The maximum Gasteiger partial charge on any atom is 0.266 e. The van der Waals surface area contributed by atoms with Gasteiger partial charge < -0.3 is 13.9 Å². The molecule has 4 rings (SSSR count). The van der Waals surface area contributed by atoms with Gasteiger partial charge >= 0.3 is 0 Å². The van der Waals surface area contributed by atoms with Gasteiger partial charge in [0.15, 0.2) is 0 Å². The first-order valence-corrected chi connectivity index (χ1v) is 12.4. The Bertz CT molecular complexity index is 1220. The molecule has 1 fully saturated rings. The monoisotopic (exact) mass is 481 g/mol. The van der Waals surface area contributed by atoms with E-state index in [2.05, 4.69) is 13.0 Å². The van der Waals surface area contributed by atoms with Crippen molar-refractivity contribution in [2.45, 2.75) is 40.3 Å². The van der Waals surface area contributed by atoms with Crippen molar-refractivity contribution in [1.29, 1.82) is 0 Å². The van der Waals surface area contributed by atoms with Crippen molar-refractivity contribution < 1.29 is 14.0 Å². The second-order valence-electron chi connectivity index (χ2n) is 7.79. The number of likely N-dealkylation sites (N-methyl/N-ethyl adjacent to an activating group) is 1. The number of hydrogen-bond acceptors (Lipinski definition) is 5. The van der Waals surface area contributed by atoms with E-state index >= 15 is 0 Å². The Kier molecular flexibility index (Phi) is 7.05. The van der Waals surface area contributed by atoms with Crippen molar-refractivity contribution in [3.8, 4) is 0 Å². The molecule has 1 aliphatic heterocycles. The normalized spacial score (nSPS) is 15.2. The second-order valence-corrected chi connectivity index (χ2v) is 9.47. The predicted octanol–water partition coefficient (Wildman–Crippen LogP) is 5.07. The Labute approximate surface area is 203 Å². The van der Waals surface area contributed by atoms with E-state index in [1.807, 2.05) is 53.8 Å². The molecule has 1 aliphatic rings. The minimum atomic E-state index is -0.131. The summed E-state index contributed by atoms with van der Waals surface area (Å²) < 4.78 is 7.91. The van der Waals surface area contributed by atoms with Gasteiger partial charge in [0, 0.05) is 30.2 Å². The van der Waals surface area contributed by atoms with Gasteiger partial charge in [-0.15, -0.1) is 0 Å². The van der Waals surface area contributed by atoms with Gasteiger partial charge in [-0.3, -0.25) is 14.5 Å². The molecule has 33 heavy (non-hydrogen) atoms. The lowest BCUT2D eigenvalue weighted by Crippen LogP contribution is -2.33. The smallest absolute Gasteiger partial charge is 0.266 e. The average Bonchev–Trinajstić information content (AvgIpc) is 3.51. The van der Waals surface area contributed by atoms with Crippen LogP contribution in [0.4, 0.5) is 0 Å². The number of aromatic nitrogens is 1. The van der Waals surface area contributed by atoms with E-state index in [-0.39, 0.29) is 18.4 Å². The van der Waals surface area contributed by atoms with Gasteiger partial charge in [0.2, 0.25) is 5.91 Å². The number of furan rings is 1. The lowest BCUT2D eigenvalue weighted by atomic mass is 10.1. The number of hydrogen-bond donors (Lipinski definition) is 0. The number of thioether (sulfide) groups is 1. The van der Waals surface area contributed by atoms with E-state index in [0.717, 1.165) is 22.9 Å². The quantitative estimate of drug-likeness (QED) is 0.332. The van der Waals surface area contributed by atoms with Crippen molar-refractivity contribution in [1.82, 2.24) is 14.4 Å². The Balaban J connectivity index is 1.71. The molecule has 0 atom stereocenters. The zero-order chi connectivity index (χ0) is 23.5. The van der Waals surface area contributed by atoms with Crippen LogP contribution in [0.25, 0.3) is 17.0 Å². The van der Waals surface area contributed by atoms with Crippen LogP contribution in [0.15, 0.2) is 52.1 Å². The van der Waals surface area contributed by atoms with Crippen LogP contribution in [0, 0.1) is 0 Å². The zero-order valence-corrected chi connectivity index (χ0v) is 20.7. The fourth-order valence-electron chi connectivity index (χ4n) is 4.15. The number of rotatable bonds is 8. The molecule has 172 valence electrons. The van der Waals surface area contributed by atoms with Crippen molar-refractivity contribution in [2.24, 2.45) is 0 Å². The molecule has 0 aliphatic carbocycles. The summed E-state index contributed by atoms with van der Waals surface area (Å²) in [5.41, 5.74) is 3.12. The number of aryl methyl sites for hydroxylation is 1. The van der Waals surface area contributed by atoms with E-state index < -0.39 is 0 Å². The number of para-hydroxylation sites is 1. The molecule has 0 unspecified atom stereocenters. The van der Waals surface area contributed by atoms with Crippen LogP contribution >= 0.6 is 24.0 Å². The highest BCUT2D eigenvalue weighted by molar-refractivity contribution is 8.26. The molecular formula is C25H27N3O3S2. The summed E-state index contributed by atoms with van der Waals surface area (Å²) in [5, 5.41) is 1.03. The van der Waals surface area contributed by atoms with Crippen LogP contribution in [-0.2, 0) is 29.1 Å². The van der Waals surface area contributed by atoms with Gasteiger partial charge in [0.05, 0.1) is 23.2 Å². The molecule has 0 saturated carbocycles. The highest BCUT2D eigenvalue weighted by Gasteiger charge is 2.33. The summed E-state index contributed by atoms with van der Waals surface area (Å²) in [5.74, 6) is 0.638. The number of amides is 2. The third-order valence-electron chi connectivity index (χ3n) is 5.87. The van der Waals surface area contributed by atoms with Crippen molar-refractivity contribution in [3.63, 3.8) is 0 Å². The summed E-state index contributed by atoms with van der Waals surface area (Å²) in [6.07, 6.45) is 6.31. The first kappa shape index (κ1) is 23.3. The molecule has 0 N–H and O–H groups in total. The predicted molar refractivity (Wildman–Crippen MR) is 137 cm³/mol. The largest absolute Gasteiger partial charge is 0.467 e. The van der Waals surface area contributed by atoms with E-state index in [0.29, 0.717) is 34.6 Å². The second kappa shape index (κ2) is 9.97. The van der Waals surface area contributed by atoms with Crippen molar-refractivity contribution >= 4 is 57.1 Å².